The van der Waals surface area contributed by atoms with Crippen LogP contribution in [0, 0.1) is 0 Å². The summed E-state index contributed by atoms with van der Waals surface area (Å²) in [4.78, 5) is 20.3. The van der Waals surface area contributed by atoms with Gasteiger partial charge in [0.15, 0.2) is 0 Å². The molecule has 0 aromatic heterocycles. The molecule has 0 spiro atoms. The number of benzene rings is 1. The zero-order valence-corrected chi connectivity index (χ0v) is 11.3. The molecule has 100 valence electrons. The summed E-state index contributed by atoms with van der Waals surface area (Å²) in [5, 5.41) is 8.72. The van der Waals surface area contributed by atoms with Crippen molar-refractivity contribution in [2.75, 3.05) is 6.16 Å². The van der Waals surface area contributed by atoms with Crippen molar-refractivity contribution < 1.29 is 19.4 Å². The molecule has 0 saturated heterocycles. The van der Waals surface area contributed by atoms with Crippen LogP contribution in [-0.4, -0.2) is 27.8 Å². The van der Waals surface area contributed by atoms with E-state index >= 15 is 0 Å². The molecule has 0 radical (unpaired) electrons. The fraction of sp³-hybridized carbons (Fsp3) is 0.462. The first-order chi connectivity index (χ1) is 8.43. The molecule has 4 nitrogen and oxygen atoms in total. The lowest BCUT2D eigenvalue weighted by Gasteiger charge is -2.15. The molecule has 0 aliphatic heterocycles. The van der Waals surface area contributed by atoms with E-state index in [0.717, 1.165) is 12.8 Å². The van der Waals surface area contributed by atoms with E-state index in [0.29, 0.717) is 6.42 Å². The summed E-state index contributed by atoms with van der Waals surface area (Å²) in [5.74, 6) is -1.20. The molecule has 2 N–H and O–H groups in total. The largest absolute Gasteiger partial charge is 0.481 e. The Morgan fingerprint density at radius 3 is 2.44 bits per heavy atom. The van der Waals surface area contributed by atoms with Gasteiger partial charge in [-0.1, -0.05) is 30.3 Å². The fourth-order valence-electron chi connectivity index (χ4n) is 1.68. The van der Waals surface area contributed by atoms with Gasteiger partial charge >= 0.3 is 5.97 Å². The number of carbonyl (C=O) groups is 1. The van der Waals surface area contributed by atoms with Gasteiger partial charge in [-0.25, -0.2) is 0 Å². The topological polar surface area (TPSA) is 74.6 Å². The Hall–Kier alpha value is -1.12. The number of aryl methyl sites for hydroxylation is 1. The van der Waals surface area contributed by atoms with E-state index in [-0.39, 0.29) is 6.16 Å². The molecule has 2 atom stereocenters. The van der Waals surface area contributed by atoms with Gasteiger partial charge in [0.25, 0.3) is 0 Å². The van der Waals surface area contributed by atoms with Crippen LogP contribution in [0.4, 0.5) is 0 Å². The maximum Gasteiger partial charge on any atom is 0.316 e. The Kier molecular flexibility index (Phi) is 5.57. The summed E-state index contributed by atoms with van der Waals surface area (Å²) in [6.07, 6.45) is 2.29. The SMILES string of the molecule is CC(C(=O)O)P(=O)(O)CCCCc1ccccc1. The highest BCUT2D eigenvalue weighted by Crippen LogP contribution is 2.46. The number of hydrogen-bond acceptors (Lipinski definition) is 2. The van der Waals surface area contributed by atoms with Gasteiger partial charge in [-0.2, -0.15) is 0 Å². The predicted octanol–water partition coefficient (Wildman–Crippen LogP) is 2.75. The van der Waals surface area contributed by atoms with Crippen molar-refractivity contribution in [1.29, 1.82) is 0 Å². The molecule has 0 fully saturated rings. The molecule has 2 unspecified atom stereocenters. The number of carboxylic acid groups (broad SMARTS) is 1. The van der Waals surface area contributed by atoms with Crippen molar-refractivity contribution in [3.05, 3.63) is 35.9 Å². The third-order valence-electron chi connectivity index (χ3n) is 3.00. The van der Waals surface area contributed by atoms with Gasteiger partial charge in [0.2, 0.25) is 7.37 Å². The Labute approximate surface area is 107 Å². The van der Waals surface area contributed by atoms with Gasteiger partial charge in [-0.3, -0.25) is 9.36 Å². The van der Waals surface area contributed by atoms with E-state index in [2.05, 4.69) is 0 Å². The highest BCUT2D eigenvalue weighted by Gasteiger charge is 2.31. The summed E-state index contributed by atoms with van der Waals surface area (Å²) in [7, 11) is -3.56. The van der Waals surface area contributed by atoms with Crippen LogP contribution in [0.5, 0.6) is 0 Å². The Bertz CT molecular complexity index is 430. The normalized spacial score (nSPS) is 15.9. The first-order valence-electron chi connectivity index (χ1n) is 6.01. The van der Waals surface area contributed by atoms with Gasteiger partial charge in [0.05, 0.1) is 0 Å². The lowest BCUT2D eigenvalue weighted by molar-refractivity contribution is -0.136. The zero-order chi connectivity index (χ0) is 13.6. The highest BCUT2D eigenvalue weighted by molar-refractivity contribution is 7.59. The van der Waals surface area contributed by atoms with Crippen molar-refractivity contribution in [3.8, 4) is 0 Å². The maximum atomic E-state index is 11.7. The first kappa shape index (κ1) is 14.9. The average molecular weight is 270 g/mol. The van der Waals surface area contributed by atoms with E-state index in [1.165, 1.54) is 12.5 Å². The van der Waals surface area contributed by atoms with Gasteiger partial charge in [0, 0.05) is 6.16 Å². The first-order valence-corrected chi connectivity index (χ1v) is 7.93. The lowest BCUT2D eigenvalue weighted by atomic mass is 10.1. The number of hydrogen-bond donors (Lipinski definition) is 2. The van der Waals surface area contributed by atoms with Crippen molar-refractivity contribution in [2.24, 2.45) is 0 Å². The van der Waals surface area contributed by atoms with Gasteiger partial charge in [-0.05, 0) is 31.7 Å². The second kappa shape index (κ2) is 6.72. The third kappa shape index (κ3) is 4.63. The Morgan fingerprint density at radius 1 is 1.28 bits per heavy atom. The molecule has 1 aromatic rings. The van der Waals surface area contributed by atoms with Crippen molar-refractivity contribution in [3.63, 3.8) is 0 Å². The number of carboxylic acids is 1. The Balaban J connectivity index is 2.34. The zero-order valence-electron chi connectivity index (χ0n) is 10.5. The van der Waals surface area contributed by atoms with Crippen molar-refractivity contribution in [1.82, 2.24) is 0 Å². The summed E-state index contributed by atoms with van der Waals surface area (Å²) >= 11 is 0. The number of unbranched alkanes of at least 4 members (excludes halogenated alkanes) is 1. The molecular weight excluding hydrogens is 251 g/mol. The summed E-state index contributed by atoms with van der Waals surface area (Å²) < 4.78 is 11.7. The summed E-state index contributed by atoms with van der Waals surface area (Å²) in [6, 6.07) is 9.88. The van der Waals surface area contributed by atoms with Crippen LogP contribution in [0.25, 0.3) is 0 Å². The standard InChI is InChI=1S/C13H19O4P/c1-11(13(14)15)18(16,17)10-6-5-9-12-7-3-2-4-8-12/h2-4,7-8,11H,5-6,9-10H2,1H3,(H,14,15)(H,16,17). The van der Waals surface area contributed by atoms with E-state index < -0.39 is 19.0 Å². The van der Waals surface area contributed by atoms with Crippen LogP contribution >= 0.6 is 7.37 Å². The fourth-order valence-corrected chi connectivity index (χ4v) is 3.09. The van der Waals surface area contributed by atoms with E-state index in [4.69, 9.17) is 5.11 Å². The summed E-state index contributed by atoms with van der Waals surface area (Å²) in [6.45, 7) is 1.29. The molecule has 1 aromatic carbocycles. The molecule has 0 heterocycles. The minimum atomic E-state index is -3.56. The number of aliphatic carboxylic acids is 1. The minimum Gasteiger partial charge on any atom is -0.481 e. The summed E-state index contributed by atoms with van der Waals surface area (Å²) in [5.41, 5.74) is 0.0192. The molecular formula is C13H19O4P. The molecule has 0 aliphatic carbocycles. The number of rotatable bonds is 7. The highest BCUT2D eigenvalue weighted by atomic mass is 31.2. The smallest absolute Gasteiger partial charge is 0.316 e. The minimum absolute atomic E-state index is 0.0767. The molecule has 18 heavy (non-hydrogen) atoms. The van der Waals surface area contributed by atoms with Gasteiger partial charge < -0.3 is 10.00 Å². The molecule has 0 bridgehead atoms. The van der Waals surface area contributed by atoms with Crippen LogP contribution in [-0.2, 0) is 15.8 Å². The van der Waals surface area contributed by atoms with Crippen LogP contribution in [0.2, 0.25) is 0 Å². The second-order valence-electron chi connectivity index (χ2n) is 4.44. The van der Waals surface area contributed by atoms with Crippen LogP contribution in [0.3, 0.4) is 0 Å². The van der Waals surface area contributed by atoms with Gasteiger partial charge in [-0.15, -0.1) is 0 Å². The van der Waals surface area contributed by atoms with Gasteiger partial charge in [0.1, 0.15) is 5.66 Å². The monoisotopic (exact) mass is 270 g/mol. The van der Waals surface area contributed by atoms with E-state index in [1.807, 2.05) is 30.3 Å². The van der Waals surface area contributed by atoms with E-state index in [1.54, 1.807) is 0 Å². The maximum absolute atomic E-state index is 11.7. The lowest BCUT2D eigenvalue weighted by Crippen LogP contribution is -2.17. The van der Waals surface area contributed by atoms with E-state index in [9.17, 15) is 14.3 Å². The molecule has 0 amide bonds. The van der Waals surface area contributed by atoms with Crippen molar-refractivity contribution in [2.45, 2.75) is 31.8 Å². The predicted molar refractivity (Wildman–Crippen MR) is 71.2 cm³/mol. The Morgan fingerprint density at radius 2 is 1.89 bits per heavy atom. The van der Waals surface area contributed by atoms with Crippen LogP contribution < -0.4 is 0 Å². The molecule has 0 saturated carbocycles. The molecule has 0 aliphatic rings. The quantitative estimate of drug-likeness (QED) is 0.590. The van der Waals surface area contributed by atoms with Crippen LogP contribution in [0.15, 0.2) is 30.3 Å². The molecule has 5 heteroatoms. The average Bonchev–Trinajstić information content (AvgIpc) is 2.35. The third-order valence-corrected chi connectivity index (χ3v) is 5.39. The second-order valence-corrected chi connectivity index (χ2v) is 7.17. The van der Waals surface area contributed by atoms with Crippen molar-refractivity contribution >= 4 is 13.3 Å². The molecule has 1 rings (SSSR count). The van der Waals surface area contributed by atoms with Crippen LogP contribution in [0.1, 0.15) is 25.3 Å².